The minimum Gasteiger partial charge on any atom is -0.372 e. The van der Waals surface area contributed by atoms with E-state index in [-0.39, 0.29) is 45.8 Å². The molecule has 0 radical (unpaired) electrons. The molecule has 1 aliphatic rings. The second kappa shape index (κ2) is 8.56. The Morgan fingerprint density at radius 1 is 1.09 bits per heavy atom. The standard InChI is InChI=1S/C22H19F5N6O2/c1-10-7-31(8-11(2)35-10)22(34)15-4-16-13(5-28-15)18(30-33(16)20(27)19(25)26)17-6-29-21-14(24)3-12(23)9-32(17)21/h3-6,9-11,19-20H,7-8H2,1-2H3. The van der Waals surface area contributed by atoms with Crippen molar-refractivity contribution >= 4 is 22.5 Å². The Bertz CT molecular complexity index is 1430. The summed E-state index contributed by atoms with van der Waals surface area (Å²) in [6.45, 7) is 4.22. The summed E-state index contributed by atoms with van der Waals surface area (Å²) in [5, 5.41) is 4.07. The molecule has 0 spiro atoms. The summed E-state index contributed by atoms with van der Waals surface area (Å²) in [5.41, 5.74) is -0.512. The maximum Gasteiger partial charge on any atom is 0.289 e. The number of alkyl halides is 3. The fourth-order valence-electron chi connectivity index (χ4n) is 4.33. The number of pyridine rings is 2. The average Bonchev–Trinajstić information content (AvgIpc) is 3.38. The van der Waals surface area contributed by atoms with Crippen LogP contribution in [0.25, 0.3) is 27.9 Å². The van der Waals surface area contributed by atoms with Crippen molar-refractivity contribution in [3.63, 3.8) is 0 Å². The number of carbonyl (C=O) groups excluding carboxylic acids is 1. The molecule has 8 nitrogen and oxygen atoms in total. The first-order valence-corrected chi connectivity index (χ1v) is 10.7. The highest BCUT2D eigenvalue weighted by Crippen LogP contribution is 2.33. The van der Waals surface area contributed by atoms with Gasteiger partial charge in [0, 0.05) is 36.9 Å². The van der Waals surface area contributed by atoms with Gasteiger partial charge in [0.15, 0.2) is 11.5 Å². The number of amides is 1. The lowest BCUT2D eigenvalue weighted by atomic mass is 10.1. The molecule has 13 heteroatoms. The summed E-state index contributed by atoms with van der Waals surface area (Å²) in [7, 11) is 0. The molecule has 0 bridgehead atoms. The van der Waals surface area contributed by atoms with Crippen molar-refractivity contribution in [1.82, 2.24) is 29.0 Å². The topological polar surface area (TPSA) is 77.5 Å². The van der Waals surface area contributed by atoms with E-state index in [0.717, 1.165) is 16.8 Å². The summed E-state index contributed by atoms with van der Waals surface area (Å²) >= 11 is 0. The first kappa shape index (κ1) is 23.1. The lowest BCUT2D eigenvalue weighted by Gasteiger charge is -2.35. The summed E-state index contributed by atoms with van der Waals surface area (Å²) in [6, 6.07) is 1.82. The van der Waals surface area contributed by atoms with Crippen LogP contribution in [0.5, 0.6) is 0 Å². The van der Waals surface area contributed by atoms with Crippen molar-refractivity contribution < 1.29 is 31.5 Å². The summed E-state index contributed by atoms with van der Waals surface area (Å²) < 4.78 is 76.3. The number of aromatic nitrogens is 5. The third kappa shape index (κ3) is 3.99. The number of nitrogens with zero attached hydrogens (tertiary/aromatic N) is 6. The molecule has 0 N–H and O–H groups in total. The van der Waals surface area contributed by atoms with Gasteiger partial charge < -0.3 is 9.64 Å². The van der Waals surface area contributed by atoms with E-state index in [9.17, 15) is 26.7 Å². The van der Waals surface area contributed by atoms with Gasteiger partial charge in [0.2, 0.25) is 0 Å². The van der Waals surface area contributed by atoms with E-state index in [1.165, 1.54) is 17.2 Å². The lowest BCUT2D eigenvalue weighted by Crippen LogP contribution is -2.48. The van der Waals surface area contributed by atoms with E-state index in [1.54, 1.807) is 0 Å². The van der Waals surface area contributed by atoms with Gasteiger partial charge in [-0.05, 0) is 19.9 Å². The molecule has 3 unspecified atom stereocenters. The number of carbonyl (C=O) groups is 1. The number of ether oxygens (including phenoxy) is 1. The van der Waals surface area contributed by atoms with Crippen molar-refractivity contribution in [1.29, 1.82) is 0 Å². The summed E-state index contributed by atoms with van der Waals surface area (Å²) in [5.74, 6) is -2.33. The Morgan fingerprint density at radius 2 is 1.80 bits per heavy atom. The van der Waals surface area contributed by atoms with E-state index in [2.05, 4.69) is 15.1 Å². The van der Waals surface area contributed by atoms with E-state index in [0.29, 0.717) is 23.8 Å². The molecule has 0 saturated carbocycles. The van der Waals surface area contributed by atoms with Crippen LogP contribution in [-0.2, 0) is 4.74 Å². The Balaban J connectivity index is 1.66. The average molecular weight is 494 g/mol. The quantitative estimate of drug-likeness (QED) is 0.401. The lowest BCUT2D eigenvalue weighted by molar-refractivity contribution is -0.0587. The van der Waals surface area contributed by atoms with Gasteiger partial charge in [0.25, 0.3) is 18.6 Å². The zero-order valence-electron chi connectivity index (χ0n) is 18.5. The van der Waals surface area contributed by atoms with Crippen LogP contribution in [0.2, 0.25) is 0 Å². The molecule has 3 atom stereocenters. The van der Waals surface area contributed by atoms with E-state index >= 15 is 0 Å². The van der Waals surface area contributed by atoms with Gasteiger partial charge in [-0.3, -0.25) is 14.2 Å². The Hall–Kier alpha value is -3.61. The van der Waals surface area contributed by atoms with Gasteiger partial charge in [-0.15, -0.1) is 0 Å². The minimum absolute atomic E-state index is 0.0281. The van der Waals surface area contributed by atoms with Crippen molar-refractivity contribution in [2.24, 2.45) is 0 Å². The zero-order valence-corrected chi connectivity index (χ0v) is 18.5. The maximum atomic E-state index is 14.6. The Kier molecular flexibility index (Phi) is 5.66. The van der Waals surface area contributed by atoms with E-state index < -0.39 is 30.3 Å². The third-order valence-electron chi connectivity index (χ3n) is 5.73. The molecule has 0 aliphatic carbocycles. The van der Waals surface area contributed by atoms with Crippen molar-refractivity contribution in [2.75, 3.05) is 13.1 Å². The number of hydrogen-bond donors (Lipinski definition) is 0. The van der Waals surface area contributed by atoms with E-state index in [4.69, 9.17) is 4.74 Å². The number of hydrogen-bond acceptors (Lipinski definition) is 5. The van der Waals surface area contributed by atoms with Crippen LogP contribution in [0.3, 0.4) is 0 Å². The van der Waals surface area contributed by atoms with Crippen LogP contribution >= 0.6 is 0 Å². The van der Waals surface area contributed by atoms with Gasteiger partial charge >= 0.3 is 0 Å². The normalized spacial score (nSPS) is 19.7. The Labute approximate surface area is 194 Å². The summed E-state index contributed by atoms with van der Waals surface area (Å²) in [4.78, 5) is 22.6. The smallest absolute Gasteiger partial charge is 0.289 e. The molecule has 5 heterocycles. The van der Waals surface area contributed by atoms with Crippen molar-refractivity contribution in [3.8, 4) is 11.4 Å². The van der Waals surface area contributed by atoms with E-state index in [1.807, 2.05) is 13.8 Å². The molecular formula is C22H19F5N6O2. The fourth-order valence-corrected chi connectivity index (χ4v) is 4.33. The highest BCUT2D eigenvalue weighted by atomic mass is 19.3. The molecule has 1 aliphatic heterocycles. The van der Waals surface area contributed by atoms with Crippen LogP contribution in [-0.4, -0.2) is 66.7 Å². The monoisotopic (exact) mass is 494 g/mol. The molecule has 35 heavy (non-hydrogen) atoms. The van der Waals surface area contributed by atoms with Gasteiger partial charge in [-0.1, -0.05) is 0 Å². The molecule has 1 saturated heterocycles. The molecule has 1 fully saturated rings. The second-order valence-corrected chi connectivity index (χ2v) is 8.40. The predicted octanol–water partition coefficient (Wildman–Crippen LogP) is 4.01. The van der Waals surface area contributed by atoms with Gasteiger partial charge in [-0.2, -0.15) is 5.10 Å². The molecule has 4 aromatic heterocycles. The van der Waals surface area contributed by atoms with Crippen LogP contribution in [0, 0.1) is 11.6 Å². The predicted molar refractivity (Wildman–Crippen MR) is 114 cm³/mol. The molecule has 5 rings (SSSR count). The molecule has 1 amide bonds. The highest BCUT2D eigenvalue weighted by Gasteiger charge is 2.30. The number of rotatable bonds is 4. The maximum absolute atomic E-state index is 14.6. The number of fused-ring (bicyclic) bond motifs is 2. The number of halogens is 5. The molecular weight excluding hydrogens is 475 g/mol. The third-order valence-corrected chi connectivity index (χ3v) is 5.73. The summed E-state index contributed by atoms with van der Waals surface area (Å²) in [6.07, 6.45) is -3.39. The van der Waals surface area contributed by atoms with Crippen LogP contribution in [0.15, 0.2) is 30.7 Å². The molecule has 4 aromatic rings. The Morgan fingerprint density at radius 3 is 2.49 bits per heavy atom. The zero-order chi connectivity index (χ0) is 25.0. The SMILES string of the molecule is CC1CN(C(=O)c2cc3c(cn2)c(-c2cnc4c(F)cc(F)cn24)nn3C(F)C(F)F)CC(C)O1. The van der Waals surface area contributed by atoms with Crippen LogP contribution in [0.1, 0.15) is 30.6 Å². The molecule has 184 valence electrons. The first-order chi connectivity index (χ1) is 16.6. The minimum atomic E-state index is -3.42. The van der Waals surface area contributed by atoms with Crippen LogP contribution < -0.4 is 0 Å². The van der Waals surface area contributed by atoms with Crippen LogP contribution in [0.4, 0.5) is 22.0 Å². The second-order valence-electron chi connectivity index (χ2n) is 8.40. The fraction of sp³-hybridized carbons (Fsp3) is 0.364. The largest absolute Gasteiger partial charge is 0.372 e. The number of morpholine rings is 1. The molecule has 0 aromatic carbocycles. The van der Waals surface area contributed by atoms with Crippen molar-refractivity contribution in [3.05, 3.63) is 48.1 Å². The van der Waals surface area contributed by atoms with Gasteiger partial charge in [0.1, 0.15) is 17.2 Å². The first-order valence-electron chi connectivity index (χ1n) is 10.7. The highest BCUT2D eigenvalue weighted by molar-refractivity contribution is 5.99. The van der Waals surface area contributed by atoms with Gasteiger partial charge in [-0.25, -0.2) is 31.6 Å². The van der Waals surface area contributed by atoms with Gasteiger partial charge in [0.05, 0.1) is 29.6 Å². The number of imidazole rings is 1. The van der Waals surface area contributed by atoms with Crippen molar-refractivity contribution in [2.45, 2.75) is 38.8 Å².